The van der Waals surface area contributed by atoms with Crippen LogP contribution in [0.2, 0.25) is 5.02 Å². The third-order valence-electron chi connectivity index (χ3n) is 5.36. The summed E-state index contributed by atoms with van der Waals surface area (Å²) in [6, 6.07) is 20.4. The van der Waals surface area contributed by atoms with Gasteiger partial charge in [0.25, 0.3) is 0 Å². The SMILES string of the molecule is COc1cc(-c2nc3ccccn3c2/N=C/c2ccc(-c3ccc(C)c(Cl)c3)o2)ccc1O. The van der Waals surface area contributed by atoms with Crippen LogP contribution in [0.5, 0.6) is 11.5 Å². The highest BCUT2D eigenvalue weighted by Gasteiger charge is 2.15. The lowest BCUT2D eigenvalue weighted by atomic mass is 10.1. The minimum absolute atomic E-state index is 0.0642. The number of methoxy groups -OCH3 is 1. The third kappa shape index (κ3) is 3.97. The number of phenolic OH excluding ortho intramolecular Hbond substituents is 1. The van der Waals surface area contributed by atoms with Crippen molar-refractivity contribution >= 4 is 29.3 Å². The molecule has 6 nitrogen and oxygen atoms in total. The van der Waals surface area contributed by atoms with Crippen LogP contribution in [-0.2, 0) is 0 Å². The lowest BCUT2D eigenvalue weighted by molar-refractivity contribution is 0.373. The second-order valence-corrected chi connectivity index (χ2v) is 7.93. The highest BCUT2D eigenvalue weighted by Crippen LogP contribution is 2.36. The van der Waals surface area contributed by atoms with Crippen LogP contribution >= 0.6 is 11.6 Å². The van der Waals surface area contributed by atoms with E-state index in [0.29, 0.717) is 33.8 Å². The summed E-state index contributed by atoms with van der Waals surface area (Å²) in [5, 5.41) is 10.7. The highest BCUT2D eigenvalue weighted by molar-refractivity contribution is 6.31. The largest absolute Gasteiger partial charge is 0.504 e. The van der Waals surface area contributed by atoms with Gasteiger partial charge in [-0.1, -0.05) is 29.8 Å². The fourth-order valence-electron chi connectivity index (χ4n) is 3.57. The van der Waals surface area contributed by atoms with Crippen LogP contribution in [0.1, 0.15) is 11.3 Å². The quantitative estimate of drug-likeness (QED) is 0.298. The van der Waals surface area contributed by atoms with Crippen molar-refractivity contribution in [2.75, 3.05) is 7.11 Å². The van der Waals surface area contributed by atoms with Crippen molar-refractivity contribution in [1.82, 2.24) is 9.38 Å². The molecule has 7 heteroatoms. The smallest absolute Gasteiger partial charge is 0.165 e. The number of phenols is 1. The second-order valence-electron chi connectivity index (χ2n) is 7.52. The zero-order valence-electron chi connectivity index (χ0n) is 18.0. The second kappa shape index (κ2) is 8.48. The van der Waals surface area contributed by atoms with Crippen LogP contribution in [0.25, 0.3) is 28.2 Å². The molecule has 3 aromatic heterocycles. The van der Waals surface area contributed by atoms with Gasteiger partial charge >= 0.3 is 0 Å². The normalized spacial score (nSPS) is 11.5. The summed E-state index contributed by atoms with van der Waals surface area (Å²) < 4.78 is 13.1. The molecule has 2 aromatic carbocycles. The molecule has 0 saturated heterocycles. The van der Waals surface area contributed by atoms with Crippen molar-refractivity contribution in [3.05, 3.63) is 89.3 Å². The fraction of sp³-hybridized carbons (Fsp3) is 0.0769. The minimum atomic E-state index is 0.0642. The first kappa shape index (κ1) is 20.8. The van der Waals surface area contributed by atoms with Crippen molar-refractivity contribution in [3.63, 3.8) is 0 Å². The van der Waals surface area contributed by atoms with E-state index in [2.05, 4.69) is 0 Å². The number of aromatic nitrogens is 2. The Kier molecular flexibility index (Phi) is 5.36. The number of pyridine rings is 1. The van der Waals surface area contributed by atoms with Crippen molar-refractivity contribution in [2.24, 2.45) is 4.99 Å². The predicted molar refractivity (Wildman–Crippen MR) is 130 cm³/mol. The molecule has 1 N–H and O–H groups in total. The number of fused-ring (bicyclic) bond motifs is 1. The zero-order chi connectivity index (χ0) is 22.9. The summed E-state index contributed by atoms with van der Waals surface area (Å²) in [7, 11) is 1.51. The minimum Gasteiger partial charge on any atom is -0.504 e. The summed E-state index contributed by atoms with van der Waals surface area (Å²) in [5.41, 5.74) is 4.10. The summed E-state index contributed by atoms with van der Waals surface area (Å²) in [5.74, 6) is 2.37. The molecule has 5 rings (SSSR count). The topological polar surface area (TPSA) is 72.3 Å². The van der Waals surface area contributed by atoms with Gasteiger partial charge in [-0.05, 0) is 61.0 Å². The Bertz CT molecular complexity index is 1500. The van der Waals surface area contributed by atoms with Crippen LogP contribution in [0.3, 0.4) is 0 Å². The van der Waals surface area contributed by atoms with E-state index < -0.39 is 0 Å². The van der Waals surface area contributed by atoms with Gasteiger partial charge in [0, 0.05) is 22.3 Å². The average Bonchev–Trinajstić information content (AvgIpc) is 3.44. The van der Waals surface area contributed by atoms with Gasteiger partial charge in [-0.25, -0.2) is 9.98 Å². The van der Waals surface area contributed by atoms with Crippen LogP contribution in [0.4, 0.5) is 5.82 Å². The van der Waals surface area contributed by atoms with Gasteiger partial charge in [0.1, 0.15) is 22.9 Å². The number of benzene rings is 2. The number of rotatable bonds is 5. The number of furan rings is 1. The number of nitrogens with zero attached hydrogens (tertiary/aromatic N) is 3. The molecule has 0 fully saturated rings. The molecule has 0 amide bonds. The molecular formula is C26H20ClN3O3. The molecule has 3 heterocycles. The van der Waals surface area contributed by atoms with Crippen molar-refractivity contribution in [3.8, 4) is 34.1 Å². The molecule has 0 atom stereocenters. The van der Waals surface area contributed by atoms with E-state index in [9.17, 15) is 5.11 Å². The van der Waals surface area contributed by atoms with Crippen molar-refractivity contribution in [2.45, 2.75) is 6.92 Å². The van der Waals surface area contributed by atoms with E-state index in [1.807, 2.05) is 66.1 Å². The maximum Gasteiger partial charge on any atom is 0.165 e. The third-order valence-corrected chi connectivity index (χ3v) is 5.76. The van der Waals surface area contributed by atoms with E-state index in [-0.39, 0.29) is 5.75 Å². The Morgan fingerprint density at radius 2 is 1.91 bits per heavy atom. The lowest BCUT2D eigenvalue weighted by Crippen LogP contribution is -1.86. The summed E-state index contributed by atoms with van der Waals surface area (Å²) in [6.45, 7) is 1.96. The van der Waals surface area contributed by atoms with Crippen molar-refractivity contribution in [1.29, 1.82) is 0 Å². The van der Waals surface area contributed by atoms with Crippen LogP contribution in [0.15, 0.2) is 82.3 Å². The van der Waals surface area contributed by atoms with Crippen molar-refractivity contribution < 1.29 is 14.3 Å². The number of hydrogen-bond acceptors (Lipinski definition) is 5. The lowest BCUT2D eigenvalue weighted by Gasteiger charge is -2.05. The number of imidazole rings is 1. The maximum absolute atomic E-state index is 9.97. The van der Waals surface area contributed by atoms with Gasteiger partial charge in [-0.2, -0.15) is 0 Å². The summed E-state index contributed by atoms with van der Waals surface area (Å²) >= 11 is 6.26. The van der Waals surface area contributed by atoms with Crippen LogP contribution in [-0.4, -0.2) is 27.8 Å². The van der Waals surface area contributed by atoms with Crippen LogP contribution in [0, 0.1) is 6.92 Å². The Labute approximate surface area is 195 Å². The van der Waals surface area contributed by atoms with E-state index in [1.165, 1.54) is 7.11 Å². The maximum atomic E-state index is 9.97. The predicted octanol–water partition coefficient (Wildman–Crippen LogP) is 6.69. The molecule has 0 saturated carbocycles. The zero-order valence-corrected chi connectivity index (χ0v) is 18.7. The molecule has 0 bridgehead atoms. The number of aromatic hydroxyl groups is 1. The summed E-state index contributed by atoms with van der Waals surface area (Å²) in [4.78, 5) is 9.45. The molecular weight excluding hydrogens is 438 g/mol. The van der Waals surface area contributed by atoms with Gasteiger partial charge in [0.15, 0.2) is 17.3 Å². The molecule has 164 valence electrons. The number of hydrogen-bond donors (Lipinski definition) is 1. The molecule has 0 aliphatic heterocycles. The first-order valence-corrected chi connectivity index (χ1v) is 10.7. The fourth-order valence-corrected chi connectivity index (χ4v) is 3.75. The van der Waals surface area contributed by atoms with Gasteiger partial charge in [0.05, 0.1) is 13.3 Å². The number of aryl methyl sites for hydroxylation is 1. The molecule has 0 aliphatic carbocycles. The van der Waals surface area contributed by atoms with Gasteiger partial charge in [-0.15, -0.1) is 0 Å². The Hall–Kier alpha value is -4.03. The van der Waals surface area contributed by atoms with E-state index >= 15 is 0 Å². The molecule has 0 unspecified atom stereocenters. The molecule has 0 spiro atoms. The number of aliphatic imine (C=N–C) groups is 1. The standard InChI is InChI=1S/C26H20ClN3O3/c1-16-6-7-17(13-20(16)27)22-11-9-19(33-22)15-28-26-25(29-24-5-3-4-12-30(24)26)18-8-10-21(31)23(14-18)32-2/h3-15,31H,1-2H3/b28-15+. The molecule has 5 aromatic rings. The van der Waals surface area contributed by atoms with Gasteiger partial charge in [-0.3, -0.25) is 4.40 Å². The van der Waals surface area contributed by atoms with E-state index in [4.69, 9.17) is 30.7 Å². The Morgan fingerprint density at radius 3 is 2.73 bits per heavy atom. The van der Waals surface area contributed by atoms with Gasteiger partial charge < -0.3 is 14.3 Å². The first-order chi connectivity index (χ1) is 16.0. The Balaban J connectivity index is 1.55. The van der Waals surface area contributed by atoms with E-state index in [0.717, 1.165) is 22.3 Å². The molecule has 0 aliphatic rings. The molecule has 33 heavy (non-hydrogen) atoms. The average molecular weight is 458 g/mol. The highest BCUT2D eigenvalue weighted by atomic mass is 35.5. The Morgan fingerprint density at radius 1 is 1.06 bits per heavy atom. The van der Waals surface area contributed by atoms with E-state index in [1.54, 1.807) is 24.4 Å². The number of ether oxygens (including phenoxy) is 1. The summed E-state index contributed by atoms with van der Waals surface area (Å²) in [6.07, 6.45) is 3.56. The first-order valence-electron chi connectivity index (χ1n) is 10.3. The molecule has 0 radical (unpaired) electrons. The van der Waals surface area contributed by atoms with Crippen LogP contribution < -0.4 is 4.74 Å². The van der Waals surface area contributed by atoms with Gasteiger partial charge in [0.2, 0.25) is 0 Å². The monoisotopic (exact) mass is 457 g/mol. The number of halogens is 1.